The first-order valence-electron chi connectivity index (χ1n) is 5.17. The van der Waals surface area contributed by atoms with E-state index in [-0.39, 0.29) is 12.3 Å². The second-order valence-electron chi connectivity index (χ2n) is 3.60. The maximum atomic E-state index is 12.7. The Morgan fingerprint density at radius 3 is 2.56 bits per heavy atom. The third-order valence-corrected chi connectivity index (χ3v) is 2.12. The van der Waals surface area contributed by atoms with Crippen LogP contribution in [0.15, 0.2) is 24.3 Å². The Balaban J connectivity index is 2.56. The van der Waals surface area contributed by atoms with Gasteiger partial charge in [0, 0.05) is 12.1 Å². The minimum atomic E-state index is -3.24. The van der Waals surface area contributed by atoms with Crippen molar-refractivity contribution in [1.82, 2.24) is 5.32 Å². The summed E-state index contributed by atoms with van der Waals surface area (Å²) < 4.78 is 53.8. The molecule has 0 amide bonds. The summed E-state index contributed by atoms with van der Waals surface area (Å²) in [7, 11) is 0. The van der Waals surface area contributed by atoms with Gasteiger partial charge in [-0.1, -0.05) is 18.2 Å². The van der Waals surface area contributed by atoms with E-state index in [1.165, 1.54) is 18.2 Å². The van der Waals surface area contributed by atoms with Gasteiger partial charge >= 0.3 is 6.61 Å². The molecule has 1 aromatic carbocycles. The van der Waals surface area contributed by atoms with E-state index in [0.29, 0.717) is 5.56 Å². The molecule has 0 fully saturated rings. The minimum absolute atomic E-state index is 0.0571. The van der Waals surface area contributed by atoms with Gasteiger partial charge in [-0.2, -0.15) is 8.78 Å². The van der Waals surface area contributed by atoms with Crippen LogP contribution in [-0.2, 0) is 6.54 Å². The van der Waals surface area contributed by atoms with Crippen LogP contribution >= 0.6 is 0 Å². The summed E-state index contributed by atoms with van der Waals surface area (Å²) in [5.41, 5.74) is 0.339. The smallest absolute Gasteiger partial charge is 0.387 e. The number of benzene rings is 1. The number of halogens is 4. The topological polar surface area (TPSA) is 41.5 Å². The predicted octanol–water partition coefficient (Wildman–Crippen LogP) is 2.01. The van der Waals surface area contributed by atoms with Crippen molar-refractivity contribution < 1.29 is 27.4 Å². The lowest BCUT2D eigenvalue weighted by molar-refractivity contribution is -0.0521. The maximum absolute atomic E-state index is 12.7. The fourth-order valence-corrected chi connectivity index (χ4v) is 1.30. The van der Waals surface area contributed by atoms with Crippen molar-refractivity contribution in [1.29, 1.82) is 0 Å². The molecule has 0 aromatic heterocycles. The van der Waals surface area contributed by atoms with Crippen molar-refractivity contribution in [2.24, 2.45) is 0 Å². The van der Waals surface area contributed by atoms with Gasteiger partial charge in [0.2, 0.25) is 0 Å². The summed E-state index contributed by atoms with van der Waals surface area (Å²) in [4.78, 5) is 0. The van der Waals surface area contributed by atoms with E-state index in [0.717, 1.165) is 0 Å². The molecule has 0 aliphatic heterocycles. The summed E-state index contributed by atoms with van der Waals surface area (Å²) in [6.45, 7) is -5.04. The van der Waals surface area contributed by atoms with Crippen molar-refractivity contribution in [3.63, 3.8) is 0 Å². The van der Waals surface area contributed by atoms with Gasteiger partial charge in [0.1, 0.15) is 12.4 Å². The van der Waals surface area contributed by atoms with E-state index >= 15 is 0 Å². The molecule has 0 atom stereocenters. The highest BCUT2D eigenvalue weighted by Crippen LogP contribution is 2.20. The third kappa shape index (κ3) is 4.89. The fourth-order valence-electron chi connectivity index (χ4n) is 1.30. The minimum Gasteiger partial charge on any atom is -0.434 e. The van der Waals surface area contributed by atoms with Gasteiger partial charge in [0.25, 0.3) is 5.92 Å². The molecule has 0 bridgehead atoms. The average Bonchev–Trinajstić information content (AvgIpc) is 2.30. The number of rotatable bonds is 7. The first kappa shape index (κ1) is 14.7. The number of hydrogen-bond donors (Lipinski definition) is 2. The monoisotopic (exact) mass is 267 g/mol. The van der Waals surface area contributed by atoms with E-state index in [2.05, 4.69) is 10.1 Å². The highest BCUT2D eigenvalue weighted by molar-refractivity contribution is 5.33. The number of para-hydroxylation sites is 1. The van der Waals surface area contributed by atoms with Crippen molar-refractivity contribution in [3.05, 3.63) is 29.8 Å². The van der Waals surface area contributed by atoms with Crippen LogP contribution in [0.1, 0.15) is 5.56 Å². The number of aliphatic hydroxyl groups excluding tert-OH is 1. The Bertz CT molecular complexity index is 374. The summed E-state index contributed by atoms with van der Waals surface area (Å²) >= 11 is 0. The van der Waals surface area contributed by atoms with Gasteiger partial charge in [-0.05, 0) is 6.07 Å². The Hall–Kier alpha value is -1.34. The lowest BCUT2D eigenvalue weighted by atomic mass is 10.2. The highest BCUT2D eigenvalue weighted by Gasteiger charge is 2.26. The number of alkyl halides is 4. The van der Waals surface area contributed by atoms with Crippen LogP contribution in [0.25, 0.3) is 0 Å². The van der Waals surface area contributed by atoms with Crippen LogP contribution in [-0.4, -0.2) is 30.8 Å². The summed E-state index contributed by atoms with van der Waals surface area (Å²) in [5.74, 6) is -3.30. The molecule has 0 aliphatic rings. The van der Waals surface area contributed by atoms with Crippen molar-refractivity contribution in [3.8, 4) is 5.75 Å². The van der Waals surface area contributed by atoms with Crippen LogP contribution in [0.5, 0.6) is 5.75 Å². The van der Waals surface area contributed by atoms with E-state index < -0.39 is 25.7 Å². The molecule has 0 saturated carbocycles. The quantitative estimate of drug-likeness (QED) is 0.742. The van der Waals surface area contributed by atoms with E-state index in [4.69, 9.17) is 5.11 Å². The summed E-state index contributed by atoms with van der Waals surface area (Å²) in [6, 6.07) is 5.90. The molecule has 0 saturated heterocycles. The zero-order chi connectivity index (χ0) is 13.6. The second-order valence-corrected chi connectivity index (χ2v) is 3.60. The molecule has 7 heteroatoms. The summed E-state index contributed by atoms with van der Waals surface area (Å²) in [6.07, 6.45) is 0. The van der Waals surface area contributed by atoms with E-state index in [1.807, 2.05) is 0 Å². The zero-order valence-electron chi connectivity index (χ0n) is 9.38. The van der Waals surface area contributed by atoms with E-state index in [1.54, 1.807) is 6.07 Å². The number of ether oxygens (including phenoxy) is 1. The SMILES string of the molecule is OCC(F)(F)CNCc1ccccc1OC(F)F. The lowest BCUT2D eigenvalue weighted by Crippen LogP contribution is -2.35. The third-order valence-electron chi connectivity index (χ3n) is 2.12. The average molecular weight is 267 g/mol. The van der Waals surface area contributed by atoms with Crippen LogP contribution in [0.3, 0.4) is 0 Å². The van der Waals surface area contributed by atoms with Crippen molar-refractivity contribution in [2.45, 2.75) is 19.1 Å². The maximum Gasteiger partial charge on any atom is 0.387 e. The molecule has 0 spiro atoms. The molecule has 0 heterocycles. The Morgan fingerprint density at radius 1 is 1.28 bits per heavy atom. The first-order valence-corrected chi connectivity index (χ1v) is 5.17. The largest absolute Gasteiger partial charge is 0.434 e. The molecule has 2 N–H and O–H groups in total. The summed E-state index contributed by atoms with van der Waals surface area (Å²) in [5, 5.41) is 10.7. The predicted molar refractivity (Wildman–Crippen MR) is 56.8 cm³/mol. The molecule has 0 unspecified atom stereocenters. The number of nitrogens with one attached hydrogen (secondary N) is 1. The first-order chi connectivity index (χ1) is 8.44. The second kappa shape index (κ2) is 6.55. The van der Waals surface area contributed by atoms with Gasteiger partial charge in [-0.3, -0.25) is 0 Å². The van der Waals surface area contributed by atoms with Crippen molar-refractivity contribution >= 4 is 0 Å². The van der Waals surface area contributed by atoms with Crippen LogP contribution in [0.2, 0.25) is 0 Å². The van der Waals surface area contributed by atoms with Crippen LogP contribution < -0.4 is 10.1 Å². The molecular weight excluding hydrogens is 254 g/mol. The van der Waals surface area contributed by atoms with Gasteiger partial charge in [0.05, 0.1) is 6.54 Å². The molecule has 0 radical (unpaired) electrons. The molecular formula is C11H13F4NO2. The molecule has 3 nitrogen and oxygen atoms in total. The Morgan fingerprint density at radius 2 is 1.94 bits per heavy atom. The fraction of sp³-hybridized carbons (Fsp3) is 0.455. The standard InChI is InChI=1S/C11H13F4NO2/c12-10(13)18-9-4-2-1-3-8(9)5-16-6-11(14,15)7-17/h1-4,10,16-17H,5-7H2. The highest BCUT2D eigenvalue weighted by atomic mass is 19.3. The molecule has 18 heavy (non-hydrogen) atoms. The van der Waals surface area contributed by atoms with Crippen LogP contribution in [0.4, 0.5) is 17.6 Å². The number of aliphatic hydroxyl groups is 1. The van der Waals surface area contributed by atoms with Gasteiger partial charge in [0.15, 0.2) is 0 Å². The lowest BCUT2D eigenvalue weighted by Gasteiger charge is -2.15. The zero-order valence-corrected chi connectivity index (χ0v) is 9.38. The Labute approximate surface area is 101 Å². The normalized spacial score (nSPS) is 11.9. The molecule has 102 valence electrons. The van der Waals surface area contributed by atoms with E-state index in [9.17, 15) is 17.6 Å². The number of hydrogen-bond acceptors (Lipinski definition) is 3. The van der Waals surface area contributed by atoms with Crippen molar-refractivity contribution in [2.75, 3.05) is 13.2 Å². The van der Waals surface area contributed by atoms with Gasteiger partial charge < -0.3 is 15.2 Å². The van der Waals surface area contributed by atoms with Gasteiger partial charge in [-0.15, -0.1) is 0 Å². The molecule has 1 rings (SSSR count). The Kier molecular flexibility index (Phi) is 5.36. The van der Waals surface area contributed by atoms with Gasteiger partial charge in [-0.25, -0.2) is 8.78 Å². The molecule has 1 aromatic rings. The molecule has 0 aliphatic carbocycles. The van der Waals surface area contributed by atoms with Crippen LogP contribution in [0, 0.1) is 0 Å².